The van der Waals surface area contributed by atoms with E-state index in [4.69, 9.17) is 19.6 Å². The van der Waals surface area contributed by atoms with Gasteiger partial charge in [0, 0.05) is 23.1 Å². The lowest BCUT2D eigenvalue weighted by molar-refractivity contribution is 0.0640. The van der Waals surface area contributed by atoms with Crippen LogP contribution in [0, 0.1) is 5.82 Å². The molecule has 4 rings (SSSR count). The quantitative estimate of drug-likeness (QED) is 0.196. The van der Waals surface area contributed by atoms with Crippen molar-refractivity contribution in [3.05, 3.63) is 72.0 Å². The number of amides is 1. The van der Waals surface area contributed by atoms with Gasteiger partial charge in [-0.05, 0) is 56.3 Å². The predicted octanol–water partition coefficient (Wildman–Crippen LogP) is 4.81. The monoisotopic (exact) mass is 586 g/mol. The van der Waals surface area contributed by atoms with Crippen molar-refractivity contribution in [3.8, 4) is 28.6 Å². The van der Waals surface area contributed by atoms with E-state index in [9.17, 15) is 27.5 Å². The molecule has 0 saturated carbocycles. The Balaban J connectivity index is 1.88. The zero-order valence-electron chi connectivity index (χ0n) is 22.3. The average Bonchev–Trinajstić information content (AvgIpc) is 3.24. The first-order chi connectivity index (χ1) is 19.4. The van der Waals surface area contributed by atoms with E-state index < -0.39 is 40.6 Å². The Morgan fingerprint density at radius 3 is 2.37 bits per heavy atom. The van der Waals surface area contributed by atoms with Crippen LogP contribution in [0.3, 0.4) is 0 Å². The highest BCUT2D eigenvalue weighted by molar-refractivity contribution is 7.92. The van der Waals surface area contributed by atoms with E-state index in [1.165, 1.54) is 30.3 Å². The van der Waals surface area contributed by atoms with Gasteiger partial charge in [0.25, 0.3) is 0 Å². The second-order valence-electron chi connectivity index (χ2n) is 9.14. The number of esters is 1. The second-order valence-corrected chi connectivity index (χ2v) is 11.0. The smallest absolute Gasteiger partial charge is 0.412 e. The van der Waals surface area contributed by atoms with Crippen molar-refractivity contribution in [2.45, 2.75) is 20.0 Å². The summed E-state index contributed by atoms with van der Waals surface area (Å²) in [5.74, 6) is -0.873. The molecule has 0 aliphatic rings. The molecule has 0 aliphatic heterocycles. The molecule has 4 aromatic rings. The highest BCUT2D eigenvalue weighted by atomic mass is 32.2. The number of nitrogens with zero attached hydrogens (tertiary/aromatic N) is 1. The van der Waals surface area contributed by atoms with Crippen LogP contribution in [0.5, 0.6) is 17.2 Å². The molecule has 0 unspecified atom stereocenters. The van der Waals surface area contributed by atoms with Crippen LogP contribution in [0.2, 0.25) is 0 Å². The van der Waals surface area contributed by atoms with E-state index in [0.29, 0.717) is 11.3 Å². The number of hydrogen-bond donors (Lipinski definition) is 2. The normalized spacial score (nSPS) is 11.5. The number of aliphatic hydroxyl groups excluding tert-OH is 1. The zero-order valence-corrected chi connectivity index (χ0v) is 23.1. The van der Waals surface area contributed by atoms with Gasteiger partial charge in [-0.15, -0.1) is 0 Å². The van der Waals surface area contributed by atoms with Crippen molar-refractivity contribution >= 4 is 38.7 Å². The average molecular weight is 587 g/mol. The molecular weight excluding hydrogens is 559 g/mol. The summed E-state index contributed by atoms with van der Waals surface area (Å²) in [5.41, 5.74) is 5.44. The molecular formula is C28H27FN2O9S. The maximum atomic E-state index is 13.5. The van der Waals surface area contributed by atoms with Gasteiger partial charge >= 0.3 is 12.1 Å². The molecule has 1 amide bonds. The number of rotatable bonds is 10. The lowest BCUT2D eigenvalue weighted by Crippen LogP contribution is -2.33. The number of sulfonamides is 1. The van der Waals surface area contributed by atoms with E-state index in [0.717, 1.165) is 10.6 Å². The fourth-order valence-corrected chi connectivity index (χ4v) is 5.01. The van der Waals surface area contributed by atoms with Gasteiger partial charge in [-0.3, -0.25) is 4.31 Å². The van der Waals surface area contributed by atoms with Crippen LogP contribution in [0.4, 0.5) is 14.9 Å². The molecule has 1 heterocycles. The summed E-state index contributed by atoms with van der Waals surface area (Å²) < 4.78 is 61.8. The molecule has 3 N–H and O–H groups in total. The van der Waals surface area contributed by atoms with Crippen LogP contribution < -0.4 is 19.5 Å². The number of carbonyl (C=O) groups excluding carboxylic acids is 2. The van der Waals surface area contributed by atoms with Crippen molar-refractivity contribution in [3.63, 3.8) is 0 Å². The van der Waals surface area contributed by atoms with Gasteiger partial charge in [-0.1, -0.05) is 6.07 Å². The van der Waals surface area contributed by atoms with Crippen molar-refractivity contribution in [2.24, 2.45) is 5.73 Å². The van der Waals surface area contributed by atoms with Crippen LogP contribution >= 0.6 is 0 Å². The third-order valence-corrected chi connectivity index (χ3v) is 6.83. The number of nitrogens with two attached hydrogens (primary N) is 1. The molecule has 1 aromatic heterocycles. The molecule has 13 heteroatoms. The topological polar surface area (TPSA) is 159 Å². The van der Waals surface area contributed by atoms with E-state index in [-0.39, 0.29) is 46.0 Å². The van der Waals surface area contributed by atoms with Gasteiger partial charge in [0.2, 0.25) is 10.0 Å². The summed E-state index contributed by atoms with van der Waals surface area (Å²) in [6.45, 7) is 2.70. The Morgan fingerprint density at radius 1 is 1.07 bits per heavy atom. The minimum Gasteiger partial charge on any atom is -0.489 e. The Kier molecular flexibility index (Phi) is 8.49. The third kappa shape index (κ3) is 6.76. The van der Waals surface area contributed by atoms with Gasteiger partial charge in [0.05, 0.1) is 31.2 Å². The summed E-state index contributed by atoms with van der Waals surface area (Å²) in [7, 11) is -3.87. The van der Waals surface area contributed by atoms with Gasteiger partial charge in [-0.2, -0.15) is 0 Å². The Hall–Kier alpha value is -4.62. The molecule has 0 radical (unpaired) electrons. The largest absolute Gasteiger partial charge is 0.489 e. The first-order valence-electron chi connectivity index (χ1n) is 12.3. The summed E-state index contributed by atoms with van der Waals surface area (Å²) in [4.78, 5) is 24.5. The Labute approximate surface area is 234 Å². The summed E-state index contributed by atoms with van der Waals surface area (Å²) in [5, 5.41) is 9.68. The Bertz CT molecular complexity index is 1700. The van der Waals surface area contributed by atoms with Gasteiger partial charge in [0.1, 0.15) is 40.0 Å². The maximum absolute atomic E-state index is 13.5. The van der Waals surface area contributed by atoms with Crippen molar-refractivity contribution in [2.75, 3.05) is 23.7 Å². The van der Waals surface area contributed by atoms with Crippen molar-refractivity contribution < 1.29 is 46.1 Å². The molecule has 3 aromatic carbocycles. The van der Waals surface area contributed by atoms with Crippen molar-refractivity contribution in [1.82, 2.24) is 0 Å². The molecule has 0 aliphatic carbocycles. The molecule has 0 atom stereocenters. The van der Waals surface area contributed by atoms with E-state index >= 15 is 0 Å². The molecule has 11 nitrogen and oxygen atoms in total. The van der Waals surface area contributed by atoms with Crippen LogP contribution in [-0.4, -0.2) is 51.1 Å². The van der Waals surface area contributed by atoms with E-state index in [2.05, 4.69) is 4.74 Å². The van der Waals surface area contributed by atoms with Crippen LogP contribution in [-0.2, 0) is 14.8 Å². The highest BCUT2D eigenvalue weighted by Gasteiger charge is 2.29. The van der Waals surface area contributed by atoms with Crippen LogP contribution in [0.1, 0.15) is 24.2 Å². The Morgan fingerprint density at radius 2 is 1.78 bits per heavy atom. The lowest BCUT2D eigenvalue weighted by atomic mass is 10.0. The number of aliphatic hydroxyl groups is 1. The summed E-state index contributed by atoms with van der Waals surface area (Å²) >= 11 is 0. The van der Waals surface area contributed by atoms with E-state index in [1.807, 2.05) is 0 Å². The number of carbonyl (C=O) groups is 2. The van der Waals surface area contributed by atoms with Gasteiger partial charge in [0.15, 0.2) is 0 Å². The minimum atomic E-state index is -3.87. The fourth-order valence-electron chi connectivity index (χ4n) is 4.10. The molecule has 216 valence electrons. The second kappa shape index (κ2) is 11.9. The highest BCUT2D eigenvalue weighted by Crippen LogP contribution is 2.42. The molecule has 41 heavy (non-hydrogen) atoms. The zero-order chi connectivity index (χ0) is 29.9. The van der Waals surface area contributed by atoms with E-state index in [1.54, 1.807) is 44.2 Å². The first-order valence-corrected chi connectivity index (χ1v) is 14.1. The number of anilines is 1. The number of benzene rings is 3. The number of ether oxygens (including phenoxy) is 3. The number of fused-ring (bicyclic) bond motifs is 1. The molecule has 0 fully saturated rings. The molecule has 0 bridgehead atoms. The number of furan rings is 1. The van der Waals surface area contributed by atoms with Crippen molar-refractivity contribution in [1.29, 1.82) is 0 Å². The molecule has 0 spiro atoms. The first kappa shape index (κ1) is 29.4. The maximum Gasteiger partial charge on any atom is 0.412 e. The number of hydrogen-bond acceptors (Lipinski definition) is 9. The number of halogens is 1. The predicted molar refractivity (Wildman–Crippen MR) is 148 cm³/mol. The minimum absolute atomic E-state index is 0.00994. The van der Waals surface area contributed by atoms with Gasteiger partial charge < -0.3 is 29.5 Å². The fraction of sp³-hybridized carbons (Fsp3) is 0.214. The third-order valence-electron chi connectivity index (χ3n) is 5.65. The van der Waals surface area contributed by atoms with Gasteiger partial charge in [-0.25, -0.2) is 22.4 Å². The van der Waals surface area contributed by atoms with Crippen LogP contribution in [0.25, 0.3) is 22.3 Å². The molecule has 0 saturated heterocycles. The summed E-state index contributed by atoms with van der Waals surface area (Å²) in [6.07, 6.45) is -0.766. The summed E-state index contributed by atoms with van der Waals surface area (Å²) in [6, 6.07) is 14.6. The SMILES string of the molecule is CC(C)Oc1cc2c(C(=O)OC(N)=O)c(-c3ccc(Oc4cccc(F)c4)cc3)oc2cc1N(CCO)S(C)(=O)=O. The van der Waals surface area contributed by atoms with Crippen LogP contribution in [0.15, 0.2) is 65.1 Å². The lowest BCUT2D eigenvalue weighted by Gasteiger charge is -2.25. The number of primary amides is 1. The standard InChI is InChI=1S/C28H27FN2O9S/c1-16(2)37-24-14-21-23(15-22(24)31(11-12-32)41(3,35)36)39-26(25(21)27(33)40-28(30)34)17-7-9-19(10-8-17)38-20-6-4-5-18(29)13-20/h4-10,13-16,32H,11-12H2,1-3H3,(H2,30,34).